The fraction of sp³-hybridized carbons (Fsp3) is 0.167. The lowest BCUT2D eigenvalue weighted by molar-refractivity contribution is -0.130. The van der Waals surface area contributed by atoms with Gasteiger partial charge in [0, 0.05) is 6.07 Å². The number of hydrogen-bond acceptors (Lipinski definition) is 5. The molecule has 3 rings (SSSR count). The molecule has 0 saturated carbocycles. The van der Waals surface area contributed by atoms with E-state index in [-0.39, 0.29) is 0 Å². The Kier molecular flexibility index (Phi) is 3.93. The van der Waals surface area contributed by atoms with Crippen molar-refractivity contribution in [3.8, 4) is 11.5 Å². The van der Waals surface area contributed by atoms with E-state index in [0.717, 1.165) is 5.76 Å². The number of carbonyl (C=O) groups excluding carboxylic acids is 1. The van der Waals surface area contributed by atoms with Gasteiger partial charge in [-0.15, -0.1) is 0 Å². The van der Waals surface area contributed by atoms with E-state index in [4.69, 9.17) is 18.6 Å². The molecule has 23 heavy (non-hydrogen) atoms. The van der Waals surface area contributed by atoms with Crippen molar-refractivity contribution in [2.45, 2.75) is 6.92 Å². The van der Waals surface area contributed by atoms with Crippen LogP contribution >= 0.6 is 0 Å². The topological polar surface area (TPSA) is 57.9 Å². The zero-order chi connectivity index (χ0) is 16.4. The highest BCUT2D eigenvalue weighted by atomic mass is 16.5. The molecule has 2 heterocycles. The third-order valence-electron chi connectivity index (χ3n) is 3.46. The highest BCUT2D eigenvalue weighted by Gasteiger charge is 2.24. The molecule has 0 atom stereocenters. The summed E-state index contributed by atoms with van der Waals surface area (Å²) in [6.45, 7) is 1.85. The van der Waals surface area contributed by atoms with E-state index >= 15 is 0 Å². The number of methoxy groups -OCH3 is 2. The first kappa shape index (κ1) is 15.0. The summed E-state index contributed by atoms with van der Waals surface area (Å²) in [5, 5.41) is 0. The summed E-state index contributed by atoms with van der Waals surface area (Å²) < 4.78 is 21.3. The number of aryl methyl sites for hydroxylation is 1. The van der Waals surface area contributed by atoms with E-state index < -0.39 is 5.97 Å². The first-order valence-corrected chi connectivity index (χ1v) is 7.05. The molecule has 0 spiro atoms. The zero-order valence-corrected chi connectivity index (χ0v) is 13.1. The molecule has 2 aromatic rings. The van der Waals surface area contributed by atoms with Gasteiger partial charge >= 0.3 is 5.97 Å². The van der Waals surface area contributed by atoms with Gasteiger partial charge in [0.15, 0.2) is 0 Å². The minimum Gasteiger partial charge on any atom is -0.497 e. The molecular weight excluding hydrogens is 296 g/mol. The van der Waals surface area contributed by atoms with Gasteiger partial charge < -0.3 is 18.6 Å². The molecule has 1 aromatic heterocycles. The van der Waals surface area contributed by atoms with Gasteiger partial charge in [0.1, 0.15) is 28.8 Å². The Morgan fingerprint density at radius 3 is 2.57 bits per heavy atom. The normalized spacial score (nSPS) is 15.5. The van der Waals surface area contributed by atoms with Crippen molar-refractivity contribution < 1.29 is 23.4 Å². The molecule has 0 aliphatic carbocycles. The molecule has 5 nitrogen and oxygen atoms in total. The minimum absolute atomic E-state index is 0.423. The van der Waals surface area contributed by atoms with Crippen molar-refractivity contribution in [3.63, 3.8) is 0 Å². The molecule has 1 aromatic carbocycles. The van der Waals surface area contributed by atoms with Gasteiger partial charge in [-0.1, -0.05) is 0 Å². The SMILES string of the molecule is COc1ccc(C2=CC(=Cc3ccc(C)o3)C(=O)O2)c(OC)c1. The van der Waals surface area contributed by atoms with Gasteiger partial charge in [-0.25, -0.2) is 4.79 Å². The number of cyclic esters (lactones) is 1. The summed E-state index contributed by atoms with van der Waals surface area (Å²) in [7, 11) is 3.13. The summed E-state index contributed by atoms with van der Waals surface area (Å²) in [6, 6.07) is 8.95. The molecule has 1 aliphatic rings. The zero-order valence-electron chi connectivity index (χ0n) is 13.1. The van der Waals surface area contributed by atoms with Gasteiger partial charge in [0.05, 0.1) is 25.4 Å². The lowest BCUT2D eigenvalue weighted by Gasteiger charge is -2.10. The van der Waals surface area contributed by atoms with Crippen LogP contribution < -0.4 is 9.47 Å². The smallest absolute Gasteiger partial charge is 0.343 e. The van der Waals surface area contributed by atoms with Crippen LogP contribution in [0.4, 0.5) is 0 Å². The molecule has 0 radical (unpaired) electrons. The Bertz CT molecular complexity index is 811. The standard InChI is InChI=1S/C18H16O5/c1-11-4-5-14(22-11)8-12-9-17(23-18(12)19)15-7-6-13(20-2)10-16(15)21-3/h4-10H,1-3H3. The molecule has 0 fully saturated rings. The van der Waals surface area contributed by atoms with Crippen LogP contribution in [0.2, 0.25) is 0 Å². The Morgan fingerprint density at radius 1 is 1.09 bits per heavy atom. The van der Waals surface area contributed by atoms with Gasteiger partial charge in [-0.05, 0) is 43.3 Å². The predicted octanol–water partition coefficient (Wildman–Crippen LogP) is 3.59. The third kappa shape index (κ3) is 2.99. The summed E-state index contributed by atoms with van der Waals surface area (Å²) in [4.78, 5) is 12.0. The number of esters is 1. The van der Waals surface area contributed by atoms with E-state index in [1.54, 1.807) is 50.6 Å². The first-order chi connectivity index (χ1) is 11.1. The molecule has 0 saturated heterocycles. The van der Waals surface area contributed by atoms with Crippen LogP contribution in [0.15, 0.2) is 46.4 Å². The van der Waals surface area contributed by atoms with E-state index in [1.165, 1.54) is 0 Å². The average molecular weight is 312 g/mol. The van der Waals surface area contributed by atoms with Crippen molar-refractivity contribution >= 4 is 17.8 Å². The summed E-state index contributed by atoms with van der Waals surface area (Å²) in [5.74, 6) is 2.63. The van der Waals surface area contributed by atoms with Crippen molar-refractivity contribution in [1.29, 1.82) is 0 Å². The molecule has 0 bridgehead atoms. The van der Waals surface area contributed by atoms with Crippen LogP contribution in [0.5, 0.6) is 11.5 Å². The second kappa shape index (κ2) is 6.04. The van der Waals surface area contributed by atoms with Gasteiger partial charge in [0.2, 0.25) is 0 Å². The van der Waals surface area contributed by atoms with Crippen LogP contribution in [0, 0.1) is 6.92 Å². The van der Waals surface area contributed by atoms with Crippen molar-refractivity contribution in [2.75, 3.05) is 14.2 Å². The van der Waals surface area contributed by atoms with Crippen LogP contribution in [0.1, 0.15) is 17.1 Å². The summed E-state index contributed by atoms with van der Waals surface area (Å²) in [6.07, 6.45) is 3.32. The maximum atomic E-state index is 12.0. The lowest BCUT2D eigenvalue weighted by Crippen LogP contribution is -1.98. The van der Waals surface area contributed by atoms with Crippen molar-refractivity contribution in [3.05, 3.63) is 59.1 Å². The molecule has 0 amide bonds. The third-order valence-corrected chi connectivity index (χ3v) is 3.46. The maximum absolute atomic E-state index is 12.0. The van der Waals surface area contributed by atoms with E-state index in [1.807, 2.05) is 13.0 Å². The second-order valence-corrected chi connectivity index (χ2v) is 5.01. The van der Waals surface area contributed by atoms with Crippen LogP contribution in [0.3, 0.4) is 0 Å². The Morgan fingerprint density at radius 2 is 1.91 bits per heavy atom. The molecule has 5 heteroatoms. The Labute approximate surface area is 133 Å². The monoisotopic (exact) mass is 312 g/mol. The Balaban J connectivity index is 1.97. The minimum atomic E-state index is -0.424. The fourth-order valence-electron chi connectivity index (χ4n) is 2.31. The lowest BCUT2D eigenvalue weighted by atomic mass is 10.1. The summed E-state index contributed by atoms with van der Waals surface area (Å²) >= 11 is 0. The number of carbonyl (C=O) groups is 1. The van der Waals surface area contributed by atoms with Crippen LogP contribution in [-0.4, -0.2) is 20.2 Å². The maximum Gasteiger partial charge on any atom is 0.343 e. The molecule has 0 N–H and O–H groups in total. The first-order valence-electron chi connectivity index (χ1n) is 7.05. The fourth-order valence-corrected chi connectivity index (χ4v) is 2.31. The number of benzene rings is 1. The second-order valence-electron chi connectivity index (χ2n) is 5.01. The summed E-state index contributed by atoms with van der Waals surface area (Å²) in [5.41, 5.74) is 1.10. The molecule has 0 unspecified atom stereocenters. The average Bonchev–Trinajstić information content (AvgIpc) is 3.13. The van der Waals surface area contributed by atoms with Gasteiger partial charge in [-0.3, -0.25) is 0 Å². The number of hydrogen-bond donors (Lipinski definition) is 0. The number of furan rings is 1. The van der Waals surface area contributed by atoms with Gasteiger partial charge in [0.25, 0.3) is 0 Å². The van der Waals surface area contributed by atoms with E-state index in [9.17, 15) is 4.79 Å². The van der Waals surface area contributed by atoms with Crippen LogP contribution in [-0.2, 0) is 9.53 Å². The van der Waals surface area contributed by atoms with Gasteiger partial charge in [-0.2, -0.15) is 0 Å². The van der Waals surface area contributed by atoms with Crippen molar-refractivity contribution in [2.24, 2.45) is 0 Å². The highest BCUT2D eigenvalue weighted by Crippen LogP contribution is 2.35. The molecule has 118 valence electrons. The van der Waals surface area contributed by atoms with Crippen molar-refractivity contribution in [1.82, 2.24) is 0 Å². The highest BCUT2D eigenvalue weighted by molar-refractivity contribution is 6.05. The van der Waals surface area contributed by atoms with Crippen LogP contribution in [0.25, 0.3) is 11.8 Å². The Hall–Kier alpha value is -2.95. The number of rotatable bonds is 4. The predicted molar refractivity (Wildman–Crippen MR) is 85.0 cm³/mol. The molecular formula is C18H16O5. The largest absolute Gasteiger partial charge is 0.497 e. The molecule has 1 aliphatic heterocycles. The quantitative estimate of drug-likeness (QED) is 0.638. The van der Waals surface area contributed by atoms with E-state index in [2.05, 4.69) is 0 Å². The number of ether oxygens (including phenoxy) is 3. The van der Waals surface area contributed by atoms with E-state index in [0.29, 0.717) is 34.2 Å².